The topological polar surface area (TPSA) is 57.8 Å². The largest absolute Gasteiger partial charge is 0.396 e. The van der Waals surface area contributed by atoms with E-state index in [1.54, 1.807) is 6.33 Å². The first-order valence-corrected chi connectivity index (χ1v) is 8.48. The normalized spacial score (nSPS) is 22.8. The molecule has 2 aromatic heterocycles. The lowest BCUT2D eigenvalue weighted by Crippen LogP contribution is -2.35. The van der Waals surface area contributed by atoms with E-state index in [0.717, 1.165) is 36.8 Å². The zero-order valence-electron chi connectivity index (χ0n) is 12.9. The van der Waals surface area contributed by atoms with Gasteiger partial charge < -0.3 is 14.6 Å². The zero-order chi connectivity index (χ0) is 15.2. The molecule has 4 heteroatoms. The summed E-state index contributed by atoms with van der Waals surface area (Å²) >= 11 is 0. The van der Waals surface area contributed by atoms with Crippen LogP contribution in [0.1, 0.15) is 68.1 Å². The minimum Gasteiger partial charge on any atom is -0.396 e. The Kier molecular flexibility index (Phi) is 3.46. The van der Waals surface area contributed by atoms with Crippen molar-refractivity contribution in [2.75, 3.05) is 6.61 Å². The highest BCUT2D eigenvalue weighted by atomic mass is 16.3. The van der Waals surface area contributed by atoms with E-state index in [0.29, 0.717) is 5.92 Å². The van der Waals surface area contributed by atoms with Crippen LogP contribution in [0.4, 0.5) is 0 Å². The maximum atomic E-state index is 11.3. The van der Waals surface area contributed by atoms with Crippen LogP contribution in [0.2, 0.25) is 0 Å². The average molecular weight is 300 g/mol. The molecular formula is C18H24N2O2. The van der Waals surface area contributed by atoms with Gasteiger partial charge in [0.05, 0.1) is 30.8 Å². The Morgan fingerprint density at radius 2 is 2.05 bits per heavy atom. The Morgan fingerprint density at radius 1 is 1.27 bits per heavy atom. The van der Waals surface area contributed by atoms with E-state index in [2.05, 4.69) is 11.1 Å². The number of aliphatic hydroxyl groups is 2. The predicted molar refractivity (Wildman–Crippen MR) is 84.7 cm³/mol. The summed E-state index contributed by atoms with van der Waals surface area (Å²) in [6, 6.07) is 2.14. The molecule has 118 valence electrons. The highest BCUT2D eigenvalue weighted by Crippen LogP contribution is 2.51. The van der Waals surface area contributed by atoms with Crippen molar-refractivity contribution >= 4 is 5.52 Å². The van der Waals surface area contributed by atoms with Gasteiger partial charge in [-0.2, -0.15) is 0 Å². The molecule has 2 aliphatic carbocycles. The summed E-state index contributed by atoms with van der Waals surface area (Å²) < 4.78 is 1.98. The van der Waals surface area contributed by atoms with Crippen LogP contribution < -0.4 is 0 Å². The quantitative estimate of drug-likeness (QED) is 0.911. The van der Waals surface area contributed by atoms with Crippen LogP contribution in [0.3, 0.4) is 0 Å². The van der Waals surface area contributed by atoms with Crippen LogP contribution >= 0.6 is 0 Å². The first kappa shape index (κ1) is 14.2. The predicted octanol–water partition coefficient (Wildman–Crippen LogP) is 3.19. The Hall–Kier alpha value is -1.39. The highest BCUT2D eigenvalue weighted by Gasteiger charge is 2.42. The molecule has 0 saturated heterocycles. The van der Waals surface area contributed by atoms with Crippen molar-refractivity contribution in [3.05, 3.63) is 35.9 Å². The fraction of sp³-hybridized carbons (Fsp3) is 0.611. The van der Waals surface area contributed by atoms with Gasteiger partial charge in [-0.3, -0.25) is 0 Å². The summed E-state index contributed by atoms with van der Waals surface area (Å²) in [5.41, 5.74) is 2.89. The van der Waals surface area contributed by atoms with Gasteiger partial charge in [0.15, 0.2) is 0 Å². The van der Waals surface area contributed by atoms with E-state index < -0.39 is 6.10 Å². The van der Waals surface area contributed by atoms with Crippen molar-refractivity contribution in [2.24, 2.45) is 5.41 Å². The number of imidazole rings is 1. The van der Waals surface area contributed by atoms with Crippen molar-refractivity contribution < 1.29 is 10.2 Å². The molecule has 4 rings (SSSR count). The summed E-state index contributed by atoms with van der Waals surface area (Å²) in [4.78, 5) is 4.25. The van der Waals surface area contributed by atoms with Gasteiger partial charge in [0.1, 0.15) is 0 Å². The summed E-state index contributed by atoms with van der Waals surface area (Å²) in [5, 5.41) is 21.3. The second-order valence-electron chi connectivity index (χ2n) is 7.13. The summed E-state index contributed by atoms with van der Waals surface area (Å²) in [6.45, 7) is 0.0630. The van der Waals surface area contributed by atoms with Gasteiger partial charge in [-0.05, 0) is 43.2 Å². The molecule has 2 aliphatic rings. The minimum absolute atomic E-state index is 0.0630. The molecule has 1 unspecified atom stereocenters. The van der Waals surface area contributed by atoms with Crippen molar-refractivity contribution in [1.82, 2.24) is 9.38 Å². The Labute approximate surface area is 130 Å². The van der Waals surface area contributed by atoms with Crippen molar-refractivity contribution in [2.45, 2.75) is 57.0 Å². The van der Waals surface area contributed by atoms with Gasteiger partial charge in [-0.1, -0.05) is 19.3 Å². The fourth-order valence-electron chi connectivity index (χ4n) is 4.16. The molecule has 0 aliphatic heterocycles. The molecule has 2 N–H and O–H groups in total. The monoisotopic (exact) mass is 300 g/mol. The van der Waals surface area contributed by atoms with Gasteiger partial charge in [-0.25, -0.2) is 4.98 Å². The van der Waals surface area contributed by atoms with E-state index in [4.69, 9.17) is 0 Å². The lowest BCUT2D eigenvalue weighted by Gasteiger charge is -2.40. The Bertz CT molecular complexity index is 669. The van der Waals surface area contributed by atoms with Gasteiger partial charge in [0, 0.05) is 17.2 Å². The molecule has 22 heavy (non-hydrogen) atoms. The molecule has 0 aromatic carbocycles. The molecule has 2 fully saturated rings. The van der Waals surface area contributed by atoms with Gasteiger partial charge in [0.2, 0.25) is 0 Å². The molecule has 1 atom stereocenters. The van der Waals surface area contributed by atoms with E-state index in [-0.39, 0.29) is 12.0 Å². The van der Waals surface area contributed by atoms with E-state index in [9.17, 15) is 10.2 Å². The Morgan fingerprint density at radius 3 is 2.73 bits per heavy atom. The molecule has 4 nitrogen and oxygen atoms in total. The summed E-state index contributed by atoms with van der Waals surface area (Å²) in [6.07, 6.45) is 12.7. The number of hydrogen-bond donors (Lipinski definition) is 2. The molecule has 2 aromatic rings. The van der Waals surface area contributed by atoms with Crippen LogP contribution in [0, 0.1) is 5.41 Å². The smallest absolute Gasteiger partial charge is 0.0992 e. The molecule has 2 heterocycles. The Balaban J connectivity index is 1.84. The molecule has 0 radical (unpaired) electrons. The molecule has 2 saturated carbocycles. The standard InChI is InChI=1S/C18H24N2O2/c21-11-18(7-2-1-3-8-18)17(22)16-14(13-4-5-13)6-9-20-12-19-10-15(16)20/h6,9-10,12-13,17,21-22H,1-5,7-8,11H2. The van der Waals surface area contributed by atoms with E-state index in [1.165, 1.54) is 24.8 Å². The van der Waals surface area contributed by atoms with Crippen LogP contribution in [-0.4, -0.2) is 26.2 Å². The van der Waals surface area contributed by atoms with Gasteiger partial charge in [0.25, 0.3) is 0 Å². The van der Waals surface area contributed by atoms with Crippen molar-refractivity contribution in [3.8, 4) is 0 Å². The summed E-state index contributed by atoms with van der Waals surface area (Å²) in [5.74, 6) is 0.573. The zero-order valence-corrected chi connectivity index (χ0v) is 12.9. The molecular weight excluding hydrogens is 276 g/mol. The molecule has 0 spiro atoms. The van der Waals surface area contributed by atoms with Crippen LogP contribution in [0.5, 0.6) is 0 Å². The van der Waals surface area contributed by atoms with E-state index in [1.807, 2.05) is 16.8 Å². The summed E-state index contributed by atoms with van der Waals surface area (Å²) in [7, 11) is 0. The number of rotatable bonds is 4. The number of aliphatic hydroxyl groups excluding tert-OH is 2. The molecule has 0 amide bonds. The second kappa shape index (κ2) is 5.36. The highest BCUT2D eigenvalue weighted by molar-refractivity contribution is 5.59. The third-order valence-electron chi connectivity index (χ3n) is 5.70. The third kappa shape index (κ3) is 2.17. The minimum atomic E-state index is -0.603. The first-order valence-electron chi connectivity index (χ1n) is 8.48. The van der Waals surface area contributed by atoms with Gasteiger partial charge >= 0.3 is 0 Å². The van der Waals surface area contributed by atoms with E-state index >= 15 is 0 Å². The lowest BCUT2D eigenvalue weighted by atomic mass is 9.68. The van der Waals surface area contributed by atoms with Crippen LogP contribution in [0.15, 0.2) is 24.8 Å². The number of pyridine rings is 1. The third-order valence-corrected chi connectivity index (χ3v) is 5.70. The number of hydrogen-bond acceptors (Lipinski definition) is 3. The maximum absolute atomic E-state index is 11.3. The first-order chi connectivity index (χ1) is 10.7. The SMILES string of the molecule is OCC1(C(O)c2c(C3CC3)ccn3cncc23)CCCCC1. The number of aromatic nitrogens is 2. The van der Waals surface area contributed by atoms with Crippen molar-refractivity contribution in [1.29, 1.82) is 0 Å². The second-order valence-corrected chi connectivity index (χ2v) is 7.13. The van der Waals surface area contributed by atoms with Crippen molar-refractivity contribution in [3.63, 3.8) is 0 Å². The number of nitrogens with zero attached hydrogens (tertiary/aromatic N) is 2. The maximum Gasteiger partial charge on any atom is 0.0992 e. The average Bonchev–Trinajstić information content (AvgIpc) is 3.30. The number of fused-ring (bicyclic) bond motifs is 1. The van der Waals surface area contributed by atoms with Crippen LogP contribution in [-0.2, 0) is 0 Å². The van der Waals surface area contributed by atoms with Gasteiger partial charge in [-0.15, -0.1) is 0 Å². The van der Waals surface area contributed by atoms with Crippen LogP contribution in [0.25, 0.3) is 5.52 Å². The fourth-order valence-corrected chi connectivity index (χ4v) is 4.16. The lowest BCUT2D eigenvalue weighted by molar-refractivity contribution is -0.0444. The molecule has 0 bridgehead atoms.